The molecule has 19 heavy (non-hydrogen) atoms. The van der Waals surface area contributed by atoms with Crippen molar-refractivity contribution in [1.82, 2.24) is 4.98 Å². The Hall–Kier alpha value is -2.28. The Morgan fingerprint density at radius 1 is 1.47 bits per heavy atom. The van der Waals surface area contributed by atoms with Gasteiger partial charge in [0.25, 0.3) is 5.69 Å². The molecule has 0 radical (unpaired) electrons. The normalized spacial score (nSPS) is 10.1. The van der Waals surface area contributed by atoms with Crippen LogP contribution in [0.3, 0.4) is 0 Å². The first-order valence-electron chi connectivity index (χ1n) is 5.58. The number of aromatic nitrogens is 1. The van der Waals surface area contributed by atoms with Crippen molar-refractivity contribution >= 4 is 28.1 Å². The van der Waals surface area contributed by atoms with Gasteiger partial charge in [0.1, 0.15) is 0 Å². The molecule has 0 saturated carbocycles. The van der Waals surface area contributed by atoms with Crippen molar-refractivity contribution in [3.05, 3.63) is 51.5 Å². The molecule has 98 valence electrons. The first-order valence-corrected chi connectivity index (χ1v) is 6.46. The smallest absolute Gasteiger partial charge is 0.269 e. The lowest BCUT2D eigenvalue weighted by atomic mass is 10.1. The summed E-state index contributed by atoms with van der Waals surface area (Å²) in [5, 5.41) is 15.6. The fourth-order valence-electron chi connectivity index (χ4n) is 1.55. The van der Waals surface area contributed by atoms with Gasteiger partial charge in [-0.3, -0.25) is 14.9 Å². The van der Waals surface area contributed by atoms with Crippen LogP contribution in [0, 0.1) is 10.1 Å². The molecule has 0 fully saturated rings. The van der Waals surface area contributed by atoms with Crippen LogP contribution in [-0.2, 0) is 11.2 Å². The number of carbonyl (C=O) groups excluding carboxylic acids is 1. The van der Waals surface area contributed by atoms with Crippen LogP contribution >= 0.6 is 11.3 Å². The highest BCUT2D eigenvalue weighted by molar-refractivity contribution is 7.13. The van der Waals surface area contributed by atoms with Crippen LogP contribution in [0.4, 0.5) is 10.8 Å². The maximum absolute atomic E-state index is 11.6. The quantitative estimate of drug-likeness (QED) is 0.672. The molecule has 0 saturated heterocycles. The zero-order valence-corrected chi connectivity index (χ0v) is 10.7. The fourth-order valence-corrected chi connectivity index (χ4v) is 2.10. The van der Waals surface area contributed by atoms with Gasteiger partial charge in [-0.1, -0.05) is 12.1 Å². The van der Waals surface area contributed by atoms with E-state index in [2.05, 4.69) is 10.3 Å². The number of nitrogens with zero attached hydrogens (tertiary/aromatic N) is 2. The number of carbonyl (C=O) groups is 1. The van der Waals surface area contributed by atoms with Crippen LogP contribution in [0.15, 0.2) is 35.8 Å². The fraction of sp³-hybridized carbons (Fsp3) is 0.167. The van der Waals surface area contributed by atoms with Crippen LogP contribution in [0.1, 0.15) is 12.0 Å². The molecule has 0 spiro atoms. The second-order valence-electron chi connectivity index (χ2n) is 3.81. The van der Waals surface area contributed by atoms with Gasteiger partial charge in [0.2, 0.25) is 5.91 Å². The minimum absolute atomic E-state index is 0.0397. The van der Waals surface area contributed by atoms with Crippen molar-refractivity contribution in [3.63, 3.8) is 0 Å². The Kier molecular flexibility index (Phi) is 4.19. The summed E-state index contributed by atoms with van der Waals surface area (Å²) in [5.74, 6) is -0.151. The van der Waals surface area contributed by atoms with E-state index in [1.807, 2.05) is 0 Å². The molecule has 1 heterocycles. The average Bonchev–Trinajstić information content (AvgIpc) is 2.89. The predicted octanol–water partition coefficient (Wildman–Crippen LogP) is 2.62. The molecule has 0 aliphatic rings. The van der Waals surface area contributed by atoms with Gasteiger partial charge in [0, 0.05) is 30.1 Å². The van der Waals surface area contributed by atoms with Gasteiger partial charge in [-0.25, -0.2) is 4.98 Å². The minimum Gasteiger partial charge on any atom is -0.302 e. The van der Waals surface area contributed by atoms with Gasteiger partial charge in [0.05, 0.1) is 4.92 Å². The van der Waals surface area contributed by atoms with Gasteiger partial charge >= 0.3 is 0 Å². The van der Waals surface area contributed by atoms with Gasteiger partial charge in [-0.05, 0) is 12.0 Å². The largest absolute Gasteiger partial charge is 0.302 e. The summed E-state index contributed by atoms with van der Waals surface area (Å²) in [6, 6.07) is 6.30. The van der Waals surface area contributed by atoms with E-state index in [1.54, 1.807) is 23.7 Å². The monoisotopic (exact) mass is 277 g/mol. The third-order valence-corrected chi connectivity index (χ3v) is 3.13. The SMILES string of the molecule is O=C(CCc1cccc([N+](=O)[O-])c1)Nc1nccs1. The van der Waals surface area contributed by atoms with Crippen molar-refractivity contribution in [2.45, 2.75) is 12.8 Å². The van der Waals surface area contributed by atoms with E-state index in [-0.39, 0.29) is 18.0 Å². The summed E-state index contributed by atoms with van der Waals surface area (Å²) in [4.78, 5) is 25.7. The molecule has 2 aromatic rings. The van der Waals surface area contributed by atoms with Crippen molar-refractivity contribution in [3.8, 4) is 0 Å². The summed E-state index contributed by atoms with van der Waals surface area (Å²) < 4.78 is 0. The number of hydrogen-bond acceptors (Lipinski definition) is 5. The van der Waals surface area contributed by atoms with Crippen LogP contribution in [0.25, 0.3) is 0 Å². The maximum Gasteiger partial charge on any atom is 0.269 e. The zero-order chi connectivity index (χ0) is 13.7. The zero-order valence-electron chi connectivity index (χ0n) is 9.91. The van der Waals surface area contributed by atoms with Crippen molar-refractivity contribution in [1.29, 1.82) is 0 Å². The number of rotatable bonds is 5. The highest BCUT2D eigenvalue weighted by Crippen LogP contribution is 2.15. The molecular weight excluding hydrogens is 266 g/mol. The second kappa shape index (κ2) is 6.05. The number of aryl methyl sites for hydroxylation is 1. The highest BCUT2D eigenvalue weighted by Gasteiger charge is 2.08. The summed E-state index contributed by atoms with van der Waals surface area (Å²) in [7, 11) is 0. The third-order valence-electron chi connectivity index (χ3n) is 2.44. The standard InChI is InChI=1S/C12H11N3O3S/c16-11(14-12-13-6-7-19-12)5-4-9-2-1-3-10(8-9)15(17)18/h1-3,6-8H,4-5H2,(H,13,14,16). The van der Waals surface area contributed by atoms with Gasteiger partial charge in [0.15, 0.2) is 5.13 Å². The lowest BCUT2D eigenvalue weighted by Crippen LogP contribution is -2.12. The van der Waals surface area contributed by atoms with Gasteiger partial charge in [-0.2, -0.15) is 0 Å². The van der Waals surface area contributed by atoms with E-state index in [0.29, 0.717) is 11.6 Å². The number of non-ortho nitro benzene ring substituents is 1. The topological polar surface area (TPSA) is 85.1 Å². The Morgan fingerprint density at radius 3 is 3.00 bits per heavy atom. The Labute approximate surface area is 113 Å². The molecule has 2 rings (SSSR count). The maximum atomic E-state index is 11.6. The van der Waals surface area contributed by atoms with Crippen LogP contribution < -0.4 is 5.32 Å². The number of nitrogens with one attached hydrogen (secondary N) is 1. The van der Waals surface area contributed by atoms with E-state index in [4.69, 9.17) is 0 Å². The molecule has 1 amide bonds. The first kappa shape index (κ1) is 13.2. The average molecular weight is 277 g/mol. The number of hydrogen-bond donors (Lipinski definition) is 1. The molecule has 0 atom stereocenters. The molecule has 0 unspecified atom stereocenters. The van der Waals surface area contributed by atoms with E-state index in [0.717, 1.165) is 5.56 Å². The predicted molar refractivity (Wildman–Crippen MR) is 72.2 cm³/mol. The molecule has 1 aromatic heterocycles. The molecule has 0 bridgehead atoms. The number of nitro benzene ring substituents is 1. The van der Waals surface area contributed by atoms with Crippen molar-refractivity contribution in [2.75, 3.05) is 5.32 Å². The van der Waals surface area contributed by atoms with Crippen LogP contribution in [0.2, 0.25) is 0 Å². The minimum atomic E-state index is -0.445. The van der Waals surface area contributed by atoms with Crippen LogP contribution in [-0.4, -0.2) is 15.8 Å². The van der Waals surface area contributed by atoms with Gasteiger partial charge < -0.3 is 5.32 Å². The summed E-state index contributed by atoms with van der Waals surface area (Å²) in [6.07, 6.45) is 2.33. The highest BCUT2D eigenvalue weighted by atomic mass is 32.1. The van der Waals surface area contributed by atoms with Crippen molar-refractivity contribution in [2.24, 2.45) is 0 Å². The molecule has 6 nitrogen and oxygen atoms in total. The summed E-state index contributed by atoms with van der Waals surface area (Å²) >= 11 is 1.35. The Bertz CT molecular complexity index is 584. The molecule has 0 aliphatic carbocycles. The summed E-state index contributed by atoms with van der Waals surface area (Å²) in [5.41, 5.74) is 0.807. The van der Waals surface area contributed by atoms with Gasteiger partial charge in [-0.15, -0.1) is 11.3 Å². The Morgan fingerprint density at radius 2 is 2.32 bits per heavy atom. The third kappa shape index (κ3) is 3.85. The molecular formula is C12H11N3O3S. The van der Waals surface area contributed by atoms with E-state index in [9.17, 15) is 14.9 Å². The second-order valence-corrected chi connectivity index (χ2v) is 4.71. The number of benzene rings is 1. The number of anilines is 1. The van der Waals surface area contributed by atoms with Crippen molar-refractivity contribution < 1.29 is 9.72 Å². The lowest BCUT2D eigenvalue weighted by Gasteiger charge is -2.02. The molecule has 1 N–H and O–H groups in total. The van der Waals surface area contributed by atoms with E-state index >= 15 is 0 Å². The Balaban J connectivity index is 1.89. The number of thiazole rings is 1. The lowest BCUT2D eigenvalue weighted by molar-refractivity contribution is -0.384. The van der Waals surface area contributed by atoms with E-state index in [1.165, 1.54) is 23.5 Å². The molecule has 0 aliphatic heterocycles. The van der Waals surface area contributed by atoms with E-state index < -0.39 is 4.92 Å². The first-order chi connectivity index (χ1) is 9.15. The van der Waals surface area contributed by atoms with Crippen LogP contribution in [0.5, 0.6) is 0 Å². The molecule has 1 aromatic carbocycles. The summed E-state index contributed by atoms with van der Waals surface area (Å²) in [6.45, 7) is 0. The number of nitro groups is 1. The molecule has 7 heteroatoms. The number of amides is 1.